The predicted molar refractivity (Wildman–Crippen MR) is 202 cm³/mol. The quantitative estimate of drug-likeness (QED) is 0.149. The number of nitrogens with one attached hydrogen (secondary N) is 4. The number of imidazole rings is 4. The monoisotopic (exact) mass is 646 g/mol. The van der Waals surface area contributed by atoms with Gasteiger partial charge in [0.15, 0.2) is 0 Å². The molecule has 50 heavy (non-hydrogen) atoms. The normalized spacial score (nSPS) is 11.8. The van der Waals surface area contributed by atoms with E-state index in [4.69, 9.17) is 15.0 Å². The van der Waals surface area contributed by atoms with Gasteiger partial charge >= 0.3 is 0 Å². The smallest absolute Gasteiger partial charge is 0.138 e. The van der Waals surface area contributed by atoms with Crippen LogP contribution in [0, 0.1) is 13.8 Å². The molecule has 0 saturated carbocycles. The highest BCUT2D eigenvalue weighted by molar-refractivity contribution is 5.90. The summed E-state index contributed by atoms with van der Waals surface area (Å²) in [6.07, 6.45) is 0. The maximum Gasteiger partial charge on any atom is 0.138 e. The van der Waals surface area contributed by atoms with Gasteiger partial charge in [0.1, 0.15) is 23.3 Å². The number of aromatic amines is 4. The minimum atomic E-state index is 0.812. The van der Waals surface area contributed by atoms with Crippen molar-refractivity contribution in [1.29, 1.82) is 0 Å². The highest BCUT2D eigenvalue weighted by Gasteiger charge is 2.13. The Hall–Kier alpha value is -6.80. The van der Waals surface area contributed by atoms with Crippen LogP contribution in [0.4, 0.5) is 0 Å². The number of fused-ring (bicyclic) bond motifs is 4. The summed E-state index contributed by atoms with van der Waals surface area (Å²) >= 11 is 0. The zero-order valence-corrected chi connectivity index (χ0v) is 27.3. The Bertz CT molecular complexity index is 2920. The number of hydrogen-bond acceptors (Lipinski definition) is 4. The van der Waals surface area contributed by atoms with E-state index in [9.17, 15) is 0 Å². The van der Waals surface area contributed by atoms with Crippen LogP contribution in [0.25, 0.3) is 101 Å². The van der Waals surface area contributed by atoms with E-state index < -0.39 is 0 Å². The van der Waals surface area contributed by atoms with Crippen molar-refractivity contribution in [2.45, 2.75) is 13.8 Å². The summed E-state index contributed by atoms with van der Waals surface area (Å²) in [6.45, 7) is 4.07. The van der Waals surface area contributed by atoms with Crippen molar-refractivity contribution in [3.05, 3.63) is 133 Å². The number of aromatic nitrogens is 8. The first-order chi connectivity index (χ1) is 24.5. The number of H-pyrrole nitrogens is 4. The van der Waals surface area contributed by atoms with Gasteiger partial charge in [-0.15, -0.1) is 0 Å². The van der Waals surface area contributed by atoms with Crippen molar-refractivity contribution >= 4 is 44.1 Å². The lowest BCUT2D eigenvalue weighted by Gasteiger charge is -2.01. The molecule has 10 aromatic rings. The maximum absolute atomic E-state index is 5.01. The van der Waals surface area contributed by atoms with Crippen LogP contribution in [0.3, 0.4) is 0 Å². The molecule has 0 bridgehead atoms. The summed E-state index contributed by atoms with van der Waals surface area (Å²) in [6, 6.07) is 42.1. The maximum atomic E-state index is 5.01. The molecule has 4 heterocycles. The lowest BCUT2D eigenvalue weighted by atomic mass is 10.0. The molecule has 0 aliphatic carbocycles. The Morgan fingerprint density at radius 3 is 1.16 bits per heavy atom. The molecule has 4 aromatic heterocycles. The van der Waals surface area contributed by atoms with Crippen molar-refractivity contribution in [2.24, 2.45) is 0 Å². The molecule has 0 aliphatic heterocycles. The number of rotatable bonds is 5. The molecule has 6 aromatic carbocycles. The summed E-state index contributed by atoms with van der Waals surface area (Å²) in [7, 11) is 0. The number of nitrogens with zero attached hydrogens (tertiary/aromatic N) is 4. The SMILES string of the molecule is Cc1cccc(-c2nc3cc(-c4ccc5[nH]c(-c6cccc(-c7nc8cc(-c9ccc%10[nH]c(C)nc%10c9)ccc8[nH]7)c6)nc5c4)ccc3[nH]2)c1. The van der Waals surface area contributed by atoms with Crippen LogP contribution < -0.4 is 0 Å². The first-order valence-corrected chi connectivity index (χ1v) is 16.6. The number of benzene rings is 6. The lowest BCUT2D eigenvalue weighted by Crippen LogP contribution is -1.84. The molecule has 8 heteroatoms. The van der Waals surface area contributed by atoms with Crippen LogP contribution in [0.2, 0.25) is 0 Å². The topological polar surface area (TPSA) is 115 Å². The molecule has 0 fully saturated rings. The fraction of sp³-hybridized carbons (Fsp3) is 0.0476. The van der Waals surface area contributed by atoms with Crippen molar-refractivity contribution in [3.8, 4) is 56.4 Å². The molecule has 0 saturated heterocycles. The largest absolute Gasteiger partial charge is 0.342 e. The van der Waals surface area contributed by atoms with Gasteiger partial charge < -0.3 is 19.9 Å². The van der Waals surface area contributed by atoms with E-state index in [1.807, 2.05) is 13.0 Å². The van der Waals surface area contributed by atoms with E-state index in [0.29, 0.717) is 0 Å². The van der Waals surface area contributed by atoms with Crippen molar-refractivity contribution in [3.63, 3.8) is 0 Å². The molecule has 0 radical (unpaired) electrons. The number of aryl methyl sites for hydroxylation is 2. The Kier molecular flexibility index (Phi) is 6.13. The molecule has 4 N–H and O–H groups in total. The first kappa shape index (κ1) is 28.2. The highest BCUT2D eigenvalue weighted by atomic mass is 14.9. The van der Waals surface area contributed by atoms with Crippen LogP contribution in [0.1, 0.15) is 11.4 Å². The Morgan fingerprint density at radius 2 is 0.720 bits per heavy atom. The van der Waals surface area contributed by atoms with E-state index in [1.54, 1.807) is 0 Å². The zero-order valence-electron chi connectivity index (χ0n) is 27.3. The van der Waals surface area contributed by atoms with Gasteiger partial charge in [-0.1, -0.05) is 66.2 Å². The Labute approximate surface area is 286 Å². The van der Waals surface area contributed by atoms with Crippen LogP contribution in [-0.4, -0.2) is 39.9 Å². The molecule has 0 aliphatic rings. The van der Waals surface area contributed by atoms with Crippen molar-refractivity contribution in [2.75, 3.05) is 0 Å². The standard InChI is InChI=1S/C42H30N8/c1-23-5-3-6-29(17-23)40-45-33-14-11-27(21-37(33)48-40)28-12-16-35-39(22-28)50-42(47-35)31-8-4-7-30(18-31)41-46-34-15-10-26(20-38(34)49-41)25-9-13-32-36(19-25)44-24(2)43-32/h3-22H,1-2H3,(H,43,44)(H,45,48)(H,46,49)(H,47,50). The minimum Gasteiger partial charge on any atom is -0.342 e. The predicted octanol–water partition coefficient (Wildman–Crippen LogP) is 10.1. The summed E-state index contributed by atoms with van der Waals surface area (Å²) in [5, 5.41) is 0. The van der Waals surface area contributed by atoms with Crippen molar-refractivity contribution in [1.82, 2.24) is 39.9 Å². The van der Waals surface area contributed by atoms with E-state index in [1.165, 1.54) is 5.56 Å². The molecule has 8 nitrogen and oxygen atoms in total. The minimum absolute atomic E-state index is 0.812. The number of hydrogen-bond donors (Lipinski definition) is 4. The Morgan fingerprint density at radius 1 is 0.340 bits per heavy atom. The van der Waals surface area contributed by atoms with Gasteiger partial charge in [0, 0.05) is 16.7 Å². The van der Waals surface area contributed by atoms with E-state index in [0.717, 1.165) is 106 Å². The third-order valence-electron chi connectivity index (χ3n) is 9.42. The van der Waals surface area contributed by atoms with E-state index in [2.05, 4.69) is 147 Å². The van der Waals surface area contributed by atoms with E-state index >= 15 is 0 Å². The van der Waals surface area contributed by atoms with Gasteiger partial charge in [0.25, 0.3) is 0 Å². The van der Waals surface area contributed by atoms with Crippen LogP contribution >= 0.6 is 0 Å². The third kappa shape index (κ3) is 4.85. The second-order valence-electron chi connectivity index (χ2n) is 13.0. The summed E-state index contributed by atoms with van der Waals surface area (Å²) in [5.74, 6) is 3.42. The van der Waals surface area contributed by atoms with Crippen LogP contribution in [-0.2, 0) is 0 Å². The summed E-state index contributed by atoms with van der Waals surface area (Å²) in [5.41, 5.74) is 16.4. The molecule has 0 spiro atoms. The second-order valence-corrected chi connectivity index (χ2v) is 13.0. The highest BCUT2D eigenvalue weighted by Crippen LogP contribution is 2.32. The van der Waals surface area contributed by atoms with Gasteiger partial charge in [-0.25, -0.2) is 19.9 Å². The van der Waals surface area contributed by atoms with E-state index in [-0.39, 0.29) is 0 Å². The molecular formula is C42H30N8. The molecular weight excluding hydrogens is 617 g/mol. The van der Waals surface area contributed by atoms with Gasteiger partial charge in [-0.2, -0.15) is 0 Å². The second kappa shape index (κ2) is 10.9. The van der Waals surface area contributed by atoms with Gasteiger partial charge in [0.2, 0.25) is 0 Å². The average molecular weight is 647 g/mol. The Balaban J connectivity index is 0.943. The first-order valence-electron chi connectivity index (χ1n) is 16.6. The fourth-order valence-electron chi connectivity index (χ4n) is 6.89. The summed E-state index contributed by atoms with van der Waals surface area (Å²) in [4.78, 5) is 33.3. The van der Waals surface area contributed by atoms with Crippen molar-refractivity contribution < 1.29 is 0 Å². The third-order valence-corrected chi connectivity index (χ3v) is 9.42. The lowest BCUT2D eigenvalue weighted by molar-refractivity contribution is 1.17. The van der Waals surface area contributed by atoms with Gasteiger partial charge in [0.05, 0.1) is 44.1 Å². The molecule has 0 unspecified atom stereocenters. The van der Waals surface area contributed by atoms with Crippen LogP contribution in [0.15, 0.2) is 121 Å². The molecule has 10 rings (SSSR count). The molecule has 0 amide bonds. The zero-order chi connectivity index (χ0) is 33.3. The van der Waals surface area contributed by atoms with Gasteiger partial charge in [-0.3, -0.25) is 0 Å². The molecule has 238 valence electrons. The van der Waals surface area contributed by atoms with Gasteiger partial charge in [-0.05, 0) is 96.8 Å². The fourth-order valence-corrected chi connectivity index (χ4v) is 6.89. The molecule has 0 atom stereocenters. The average Bonchev–Trinajstić information content (AvgIpc) is 3.94. The summed E-state index contributed by atoms with van der Waals surface area (Å²) < 4.78 is 0. The van der Waals surface area contributed by atoms with Crippen LogP contribution in [0.5, 0.6) is 0 Å².